The minimum absolute atomic E-state index is 0.255. The van der Waals surface area contributed by atoms with Gasteiger partial charge >= 0.3 is 0 Å². The largest absolute Gasteiger partial charge is 0.348 e. The SMILES string of the molecule is Fc1ccc(C2=CC=CNc3[nH]c(-c4[nH]nc5ncc(-c6cncc(CNCC7CCCC7)c6)cc45)cc32)cc1. The zero-order valence-electron chi connectivity index (χ0n) is 22.0. The van der Waals surface area contributed by atoms with E-state index < -0.39 is 0 Å². The van der Waals surface area contributed by atoms with Crippen LogP contribution in [0.2, 0.25) is 0 Å². The van der Waals surface area contributed by atoms with Gasteiger partial charge in [-0.2, -0.15) is 5.10 Å². The van der Waals surface area contributed by atoms with Crippen LogP contribution < -0.4 is 10.6 Å². The molecule has 1 aliphatic heterocycles. The molecule has 1 saturated carbocycles. The molecule has 0 unspecified atom stereocenters. The molecule has 2 aliphatic rings. The van der Waals surface area contributed by atoms with Gasteiger partial charge in [0.05, 0.1) is 11.4 Å². The Balaban J connectivity index is 1.18. The van der Waals surface area contributed by atoms with Crippen molar-refractivity contribution in [2.45, 2.75) is 32.2 Å². The third-order valence-electron chi connectivity index (χ3n) is 7.89. The number of pyridine rings is 2. The molecule has 40 heavy (non-hydrogen) atoms. The van der Waals surface area contributed by atoms with E-state index in [1.54, 1.807) is 12.1 Å². The van der Waals surface area contributed by atoms with Crippen LogP contribution in [0.3, 0.4) is 0 Å². The Morgan fingerprint density at radius 2 is 1.80 bits per heavy atom. The van der Waals surface area contributed by atoms with Crippen LogP contribution in [-0.2, 0) is 6.54 Å². The molecule has 0 saturated heterocycles. The summed E-state index contributed by atoms with van der Waals surface area (Å²) in [5.74, 6) is 1.40. The average molecular weight is 532 g/mol. The second kappa shape index (κ2) is 10.5. The van der Waals surface area contributed by atoms with Crippen molar-refractivity contribution in [3.05, 3.63) is 102 Å². The van der Waals surface area contributed by atoms with Gasteiger partial charge in [0.1, 0.15) is 11.6 Å². The second-order valence-corrected chi connectivity index (χ2v) is 10.6. The predicted octanol–water partition coefficient (Wildman–Crippen LogP) is 6.80. The number of nitrogens with zero attached hydrogens (tertiary/aromatic N) is 3. The molecule has 0 spiro atoms. The van der Waals surface area contributed by atoms with Crippen molar-refractivity contribution >= 4 is 22.4 Å². The summed E-state index contributed by atoms with van der Waals surface area (Å²) in [7, 11) is 0. The highest BCUT2D eigenvalue weighted by Crippen LogP contribution is 2.37. The van der Waals surface area contributed by atoms with Crippen LogP contribution in [0, 0.1) is 11.7 Å². The van der Waals surface area contributed by atoms with Crippen LogP contribution >= 0.6 is 0 Å². The van der Waals surface area contributed by atoms with E-state index in [2.05, 4.69) is 54.0 Å². The lowest BCUT2D eigenvalue weighted by molar-refractivity contribution is 0.489. The lowest BCUT2D eigenvalue weighted by atomic mass is 9.98. The standard InChI is InChI=1S/C32H30FN7/c33-25-9-7-22(8-10-25)26-6-3-11-36-31-27(26)14-29(38-31)30-28-13-24(19-37-32(28)40-39-30)23-12-21(17-35-18-23)16-34-15-20-4-1-2-5-20/h3,6-14,17-20,34,36,38H,1-2,4-5,15-16H2,(H,37,39,40). The van der Waals surface area contributed by atoms with E-state index in [0.717, 1.165) is 75.0 Å². The summed E-state index contributed by atoms with van der Waals surface area (Å²) in [5, 5.41) is 15.5. The summed E-state index contributed by atoms with van der Waals surface area (Å²) in [6.07, 6.45) is 16.9. The number of benzene rings is 1. The number of H-pyrrole nitrogens is 2. The van der Waals surface area contributed by atoms with Gasteiger partial charge in [-0.25, -0.2) is 9.37 Å². The average Bonchev–Trinajstić information content (AvgIpc) is 3.72. The number of hydrogen-bond donors (Lipinski definition) is 4. The Morgan fingerprint density at radius 3 is 2.67 bits per heavy atom. The Kier molecular flexibility index (Phi) is 6.45. The Labute approximate surface area is 231 Å². The van der Waals surface area contributed by atoms with Crippen LogP contribution in [0.1, 0.15) is 42.4 Å². The van der Waals surface area contributed by atoms with E-state index in [1.807, 2.05) is 36.9 Å². The van der Waals surface area contributed by atoms with Gasteiger partial charge in [-0.1, -0.05) is 31.1 Å². The summed E-state index contributed by atoms with van der Waals surface area (Å²) < 4.78 is 13.6. The quantitative estimate of drug-likeness (QED) is 0.185. The Hall–Kier alpha value is -4.56. The molecule has 1 fully saturated rings. The van der Waals surface area contributed by atoms with Gasteiger partial charge in [-0.3, -0.25) is 10.1 Å². The fraction of sp³-hybridized carbons (Fsp3) is 0.219. The van der Waals surface area contributed by atoms with Gasteiger partial charge in [0.2, 0.25) is 0 Å². The molecular formula is C32H30FN7. The number of rotatable bonds is 7. The summed E-state index contributed by atoms with van der Waals surface area (Å²) in [4.78, 5) is 12.7. The van der Waals surface area contributed by atoms with E-state index in [9.17, 15) is 4.39 Å². The van der Waals surface area contributed by atoms with E-state index >= 15 is 0 Å². The van der Waals surface area contributed by atoms with E-state index in [0.29, 0.717) is 5.65 Å². The van der Waals surface area contributed by atoms with Crippen molar-refractivity contribution in [3.8, 4) is 22.5 Å². The molecule has 0 amide bonds. The highest BCUT2D eigenvalue weighted by molar-refractivity contribution is 5.96. The summed E-state index contributed by atoms with van der Waals surface area (Å²) in [6, 6.07) is 12.9. The van der Waals surface area contributed by atoms with Gasteiger partial charge in [0, 0.05) is 53.4 Å². The minimum Gasteiger partial charge on any atom is -0.348 e. The highest BCUT2D eigenvalue weighted by Gasteiger charge is 2.19. The number of halogens is 1. The first-order valence-corrected chi connectivity index (χ1v) is 13.8. The lowest BCUT2D eigenvalue weighted by Gasteiger charge is -2.11. The molecule has 7 nitrogen and oxygen atoms in total. The molecular weight excluding hydrogens is 501 g/mol. The lowest BCUT2D eigenvalue weighted by Crippen LogP contribution is -2.20. The summed E-state index contributed by atoms with van der Waals surface area (Å²) in [6.45, 7) is 1.88. The molecule has 5 heterocycles. The molecule has 7 rings (SSSR count). The van der Waals surface area contributed by atoms with E-state index in [1.165, 1.54) is 37.8 Å². The number of aromatic nitrogens is 5. The van der Waals surface area contributed by atoms with Crippen LogP contribution in [0.4, 0.5) is 10.2 Å². The predicted molar refractivity (Wildman–Crippen MR) is 157 cm³/mol. The van der Waals surface area contributed by atoms with Gasteiger partial charge < -0.3 is 15.6 Å². The maximum atomic E-state index is 13.6. The maximum absolute atomic E-state index is 13.6. The van der Waals surface area contributed by atoms with Gasteiger partial charge in [0.15, 0.2) is 5.65 Å². The van der Waals surface area contributed by atoms with Gasteiger partial charge in [0.25, 0.3) is 0 Å². The fourth-order valence-corrected chi connectivity index (χ4v) is 5.80. The number of nitrogens with one attached hydrogen (secondary N) is 4. The van der Waals surface area contributed by atoms with E-state index in [-0.39, 0.29) is 5.82 Å². The third-order valence-corrected chi connectivity index (χ3v) is 7.89. The number of aromatic amines is 2. The van der Waals surface area contributed by atoms with Crippen molar-refractivity contribution in [2.24, 2.45) is 5.92 Å². The molecule has 0 radical (unpaired) electrons. The molecule has 0 atom stereocenters. The molecule has 5 aromatic rings. The van der Waals surface area contributed by atoms with Crippen LogP contribution in [0.15, 0.2) is 79.4 Å². The first kappa shape index (κ1) is 24.5. The number of hydrogen-bond acceptors (Lipinski definition) is 5. The molecule has 4 N–H and O–H groups in total. The monoisotopic (exact) mass is 531 g/mol. The normalized spacial score (nSPS) is 15.2. The molecule has 1 aromatic carbocycles. The van der Waals surface area contributed by atoms with Gasteiger partial charge in [-0.05, 0) is 78.4 Å². The zero-order valence-corrected chi connectivity index (χ0v) is 22.0. The molecule has 1 aliphatic carbocycles. The highest BCUT2D eigenvalue weighted by atomic mass is 19.1. The molecule has 4 aromatic heterocycles. The van der Waals surface area contributed by atoms with Crippen molar-refractivity contribution in [1.29, 1.82) is 0 Å². The number of anilines is 1. The van der Waals surface area contributed by atoms with Crippen LogP contribution in [-0.4, -0.2) is 31.7 Å². The topological polar surface area (TPSA) is 94.3 Å². The first-order valence-electron chi connectivity index (χ1n) is 13.8. The summed E-state index contributed by atoms with van der Waals surface area (Å²) in [5.41, 5.74) is 8.47. The van der Waals surface area contributed by atoms with E-state index in [4.69, 9.17) is 0 Å². The number of fused-ring (bicyclic) bond motifs is 2. The molecule has 200 valence electrons. The van der Waals surface area contributed by atoms with Crippen LogP contribution in [0.5, 0.6) is 0 Å². The fourth-order valence-electron chi connectivity index (χ4n) is 5.80. The van der Waals surface area contributed by atoms with Crippen molar-refractivity contribution in [2.75, 3.05) is 11.9 Å². The number of allylic oxidation sites excluding steroid dienone is 2. The summed E-state index contributed by atoms with van der Waals surface area (Å²) >= 11 is 0. The first-order chi connectivity index (χ1) is 19.7. The molecule has 8 heteroatoms. The van der Waals surface area contributed by atoms with Gasteiger partial charge in [-0.15, -0.1) is 0 Å². The minimum atomic E-state index is -0.255. The zero-order chi connectivity index (χ0) is 26.9. The van der Waals surface area contributed by atoms with Crippen LogP contribution in [0.25, 0.3) is 39.1 Å². The smallest absolute Gasteiger partial charge is 0.181 e. The second-order valence-electron chi connectivity index (χ2n) is 10.6. The Bertz CT molecular complexity index is 1720. The molecule has 0 bridgehead atoms. The Morgan fingerprint density at radius 1 is 0.950 bits per heavy atom. The maximum Gasteiger partial charge on any atom is 0.181 e. The van der Waals surface area contributed by atoms with Crippen molar-refractivity contribution in [1.82, 2.24) is 30.5 Å². The van der Waals surface area contributed by atoms with Crippen molar-refractivity contribution in [3.63, 3.8) is 0 Å². The third kappa shape index (κ3) is 4.82. The van der Waals surface area contributed by atoms with Crippen molar-refractivity contribution < 1.29 is 4.39 Å².